The van der Waals surface area contributed by atoms with E-state index in [1.165, 1.54) is 0 Å². The highest BCUT2D eigenvalue weighted by Crippen LogP contribution is 2.49. The predicted molar refractivity (Wildman–Crippen MR) is 45.3 cm³/mol. The first-order valence-corrected chi connectivity index (χ1v) is 4.83. The highest BCUT2D eigenvalue weighted by Gasteiger charge is 2.69. The minimum atomic E-state index is -6.16. The lowest BCUT2D eigenvalue weighted by Crippen LogP contribution is -2.57. The molecule has 9 heteroatoms. The maximum Gasteiger partial charge on any atom is 0.425 e. The molecule has 0 aromatic rings. The quantitative estimate of drug-likeness (QED) is 0.645. The first kappa shape index (κ1) is 17.4. The van der Waals surface area contributed by atoms with Crippen molar-refractivity contribution in [2.24, 2.45) is 0 Å². The van der Waals surface area contributed by atoms with Crippen LogP contribution in [0.4, 0.5) is 39.5 Å². The Morgan fingerprint density at radius 3 is 1.50 bits per heavy atom. The van der Waals surface area contributed by atoms with Crippen molar-refractivity contribution in [1.82, 2.24) is 0 Å². The van der Waals surface area contributed by atoms with Gasteiger partial charge in [-0.15, -0.1) is 0 Å². The summed E-state index contributed by atoms with van der Waals surface area (Å²) in [5.74, 6) is -8.96. The molecule has 2 unspecified atom stereocenters. The maximum atomic E-state index is 13.4. The molecule has 0 N–H and O–H groups in total. The van der Waals surface area contributed by atoms with E-state index in [1.54, 1.807) is 0 Å². The van der Waals surface area contributed by atoms with Crippen molar-refractivity contribution in [2.75, 3.05) is 0 Å². The Balaban J connectivity index is 5.48. The third-order valence-corrected chi connectivity index (χ3v) is 2.35. The Morgan fingerprint density at radius 1 is 0.889 bits per heavy atom. The molecule has 0 saturated heterocycles. The standard InChI is InChI=1S/C9H11F9/c1-3-7(13,14)4-8(15,9(16,17)18)5(10)6(2,11)12/h5H,3-4H2,1-2H3. The number of hydrogen-bond donors (Lipinski definition) is 0. The number of halogens is 9. The molecule has 110 valence electrons. The van der Waals surface area contributed by atoms with Crippen molar-refractivity contribution >= 4 is 0 Å². The number of alkyl halides is 9. The zero-order valence-electron chi connectivity index (χ0n) is 9.39. The summed E-state index contributed by atoms with van der Waals surface area (Å²) < 4.78 is 114. The summed E-state index contributed by atoms with van der Waals surface area (Å²) in [5, 5.41) is 0. The van der Waals surface area contributed by atoms with E-state index in [9.17, 15) is 39.5 Å². The molecule has 0 aliphatic heterocycles. The predicted octanol–water partition coefficient (Wildman–Crippen LogP) is 4.69. The summed E-state index contributed by atoms with van der Waals surface area (Å²) in [6.07, 6.45) is -14.5. The van der Waals surface area contributed by atoms with Gasteiger partial charge in [-0.2, -0.15) is 13.2 Å². The lowest BCUT2D eigenvalue weighted by Gasteiger charge is -2.35. The van der Waals surface area contributed by atoms with Gasteiger partial charge in [-0.05, 0) is 0 Å². The fourth-order valence-electron chi connectivity index (χ4n) is 1.24. The van der Waals surface area contributed by atoms with Crippen molar-refractivity contribution in [3.8, 4) is 0 Å². The van der Waals surface area contributed by atoms with Crippen molar-refractivity contribution in [3.05, 3.63) is 0 Å². The molecular weight excluding hydrogens is 279 g/mol. The highest BCUT2D eigenvalue weighted by atomic mass is 19.4. The molecule has 18 heavy (non-hydrogen) atoms. The lowest BCUT2D eigenvalue weighted by molar-refractivity contribution is -0.292. The fourth-order valence-corrected chi connectivity index (χ4v) is 1.24. The molecule has 0 radical (unpaired) electrons. The second-order valence-electron chi connectivity index (χ2n) is 4.07. The van der Waals surface area contributed by atoms with Crippen molar-refractivity contribution in [2.45, 2.75) is 56.6 Å². The first-order valence-electron chi connectivity index (χ1n) is 4.83. The van der Waals surface area contributed by atoms with Gasteiger partial charge in [0.15, 0.2) is 0 Å². The Morgan fingerprint density at radius 2 is 1.28 bits per heavy atom. The summed E-state index contributed by atoms with van der Waals surface area (Å²) in [7, 11) is 0. The summed E-state index contributed by atoms with van der Waals surface area (Å²) in [4.78, 5) is 0. The van der Waals surface area contributed by atoms with Crippen LogP contribution in [0.3, 0.4) is 0 Å². The average molecular weight is 290 g/mol. The Bertz CT molecular complexity index is 277. The third kappa shape index (κ3) is 3.68. The molecule has 0 bridgehead atoms. The van der Waals surface area contributed by atoms with Crippen LogP contribution >= 0.6 is 0 Å². The van der Waals surface area contributed by atoms with E-state index < -0.39 is 42.7 Å². The van der Waals surface area contributed by atoms with Crippen molar-refractivity contribution in [1.29, 1.82) is 0 Å². The molecule has 0 fully saturated rings. The lowest BCUT2D eigenvalue weighted by atomic mass is 9.88. The zero-order valence-corrected chi connectivity index (χ0v) is 9.39. The molecule has 0 saturated carbocycles. The SMILES string of the molecule is CCC(F)(F)CC(F)(C(F)C(C)(F)F)C(F)(F)F. The summed E-state index contributed by atoms with van der Waals surface area (Å²) in [5.41, 5.74) is -5.30. The normalized spacial score (nSPS) is 19.5. The van der Waals surface area contributed by atoms with E-state index in [-0.39, 0.29) is 6.92 Å². The Hall–Kier alpha value is -0.630. The minimum absolute atomic E-state index is 0.304. The van der Waals surface area contributed by atoms with Gasteiger partial charge < -0.3 is 0 Å². The van der Waals surface area contributed by atoms with Crippen molar-refractivity contribution in [3.63, 3.8) is 0 Å². The van der Waals surface area contributed by atoms with Gasteiger partial charge in [0.1, 0.15) is 0 Å². The van der Waals surface area contributed by atoms with Crippen LogP contribution in [0.5, 0.6) is 0 Å². The minimum Gasteiger partial charge on any atom is -0.237 e. The molecular formula is C9H11F9. The monoisotopic (exact) mass is 290 g/mol. The van der Waals surface area contributed by atoms with E-state index in [0.717, 1.165) is 6.92 Å². The molecule has 2 atom stereocenters. The second-order valence-corrected chi connectivity index (χ2v) is 4.07. The maximum absolute atomic E-state index is 13.4. The average Bonchev–Trinajstić information content (AvgIpc) is 2.12. The first-order chi connectivity index (χ1) is 7.67. The van der Waals surface area contributed by atoms with E-state index in [0.29, 0.717) is 0 Å². The van der Waals surface area contributed by atoms with Crippen LogP contribution in [0.2, 0.25) is 0 Å². The van der Waals surface area contributed by atoms with Gasteiger partial charge >= 0.3 is 6.18 Å². The molecule has 0 spiro atoms. The van der Waals surface area contributed by atoms with Crippen LogP contribution in [0, 0.1) is 0 Å². The number of rotatable bonds is 5. The van der Waals surface area contributed by atoms with Gasteiger partial charge in [-0.1, -0.05) is 6.92 Å². The zero-order chi connectivity index (χ0) is 15.0. The van der Waals surface area contributed by atoms with Crippen LogP contribution in [0.1, 0.15) is 26.7 Å². The third-order valence-electron chi connectivity index (χ3n) is 2.35. The van der Waals surface area contributed by atoms with Crippen LogP contribution in [0.25, 0.3) is 0 Å². The van der Waals surface area contributed by atoms with Gasteiger partial charge in [0.2, 0.25) is 11.8 Å². The van der Waals surface area contributed by atoms with Gasteiger partial charge in [0.25, 0.3) is 11.8 Å². The molecule has 0 amide bonds. The summed E-state index contributed by atoms with van der Waals surface area (Å²) >= 11 is 0. The Kier molecular flexibility index (Phi) is 4.64. The summed E-state index contributed by atoms with van der Waals surface area (Å²) in [6.45, 7) is 0.427. The van der Waals surface area contributed by atoms with Crippen LogP contribution in [0.15, 0.2) is 0 Å². The van der Waals surface area contributed by atoms with E-state index in [2.05, 4.69) is 0 Å². The molecule has 0 aromatic heterocycles. The van der Waals surface area contributed by atoms with Gasteiger partial charge in [0.05, 0.1) is 6.42 Å². The van der Waals surface area contributed by atoms with Crippen molar-refractivity contribution < 1.29 is 39.5 Å². The van der Waals surface area contributed by atoms with Crippen LogP contribution in [-0.4, -0.2) is 29.9 Å². The highest BCUT2D eigenvalue weighted by molar-refractivity contribution is 5.01. The number of hydrogen-bond acceptors (Lipinski definition) is 0. The van der Waals surface area contributed by atoms with Gasteiger partial charge in [-0.3, -0.25) is 0 Å². The summed E-state index contributed by atoms with van der Waals surface area (Å²) in [6, 6.07) is 0. The van der Waals surface area contributed by atoms with E-state index in [1.807, 2.05) is 0 Å². The Labute approximate surface area is 97.1 Å². The van der Waals surface area contributed by atoms with E-state index >= 15 is 0 Å². The largest absolute Gasteiger partial charge is 0.425 e. The smallest absolute Gasteiger partial charge is 0.237 e. The molecule has 0 aliphatic rings. The van der Waals surface area contributed by atoms with Crippen LogP contribution < -0.4 is 0 Å². The molecule has 0 aliphatic carbocycles. The molecule has 0 nitrogen and oxygen atoms in total. The second kappa shape index (κ2) is 4.80. The van der Waals surface area contributed by atoms with Gasteiger partial charge in [0, 0.05) is 13.3 Å². The van der Waals surface area contributed by atoms with Gasteiger partial charge in [-0.25, -0.2) is 26.3 Å². The molecule has 0 heterocycles. The topological polar surface area (TPSA) is 0 Å². The fraction of sp³-hybridized carbons (Fsp3) is 1.00. The van der Waals surface area contributed by atoms with E-state index in [4.69, 9.17) is 0 Å². The van der Waals surface area contributed by atoms with Crippen LogP contribution in [-0.2, 0) is 0 Å². The molecule has 0 aromatic carbocycles. The molecule has 0 rings (SSSR count).